The molecule has 148 valence electrons. The number of ether oxygens (including phenoxy) is 1. The maximum Gasteiger partial charge on any atom is 0.121 e. The van der Waals surface area contributed by atoms with Gasteiger partial charge in [-0.1, -0.05) is 12.1 Å². The molecule has 29 heavy (non-hydrogen) atoms. The van der Waals surface area contributed by atoms with E-state index in [-0.39, 0.29) is 0 Å². The summed E-state index contributed by atoms with van der Waals surface area (Å²) in [5.74, 6) is 0.861. The van der Waals surface area contributed by atoms with E-state index < -0.39 is 0 Å². The average Bonchev–Trinajstić information content (AvgIpc) is 3.29. The van der Waals surface area contributed by atoms with Gasteiger partial charge in [-0.15, -0.1) is 0 Å². The van der Waals surface area contributed by atoms with Crippen molar-refractivity contribution in [1.29, 1.82) is 0 Å². The molecule has 4 N–H and O–H groups in total. The van der Waals surface area contributed by atoms with Crippen LogP contribution in [0.5, 0.6) is 5.75 Å². The predicted molar refractivity (Wildman–Crippen MR) is 117 cm³/mol. The van der Waals surface area contributed by atoms with Crippen LogP contribution in [-0.2, 0) is 6.54 Å². The maximum absolute atomic E-state index is 6.64. The number of imidazole rings is 1. The first-order valence-corrected chi connectivity index (χ1v) is 10.1. The minimum atomic E-state index is 0.476. The minimum Gasteiger partial charge on any atom is -0.492 e. The second kappa shape index (κ2) is 7.20. The quantitative estimate of drug-likeness (QED) is 0.478. The molecular formula is C23H25N5O. The van der Waals surface area contributed by atoms with E-state index in [4.69, 9.17) is 16.2 Å². The average molecular weight is 387 g/mol. The number of rotatable bonds is 6. The largest absolute Gasteiger partial charge is 0.492 e. The summed E-state index contributed by atoms with van der Waals surface area (Å²) in [7, 11) is 0. The maximum atomic E-state index is 6.64. The minimum absolute atomic E-state index is 0.476. The summed E-state index contributed by atoms with van der Waals surface area (Å²) in [6, 6.07) is 14.7. The van der Waals surface area contributed by atoms with Gasteiger partial charge in [0, 0.05) is 41.1 Å². The molecule has 1 aliphatic rings. The second-order valence-corrected chi connectivity index (χ2v) is 7.67. The molecule has 6 heteroatoms. The van der Waals surface area contributed by atoms with Gasteiger partial charge in [0.1, 0.15) is 12.4 Å². The number of nitrogens with zero attached hydrogens (tertiary/aromatic N) is 3. The fraction of sp³-hybridized carbons (Fsp3) is 0.261. The van der Waals surface area contributed by atoms with Crippen molar-refractivity contribution in [3.05, 3.63) is 61.2 Å². The number of nitrogen functional groups attached to an aromatic ring is 2. The van der Waals surface area contributed by atoms with E-state index in [1.165, 1.54) is 19.3 Å². The van der Waals surface area contributed by atoms with Gasteiger partial charge in [0.15, 0.2) is 0 Å². The van der Waals surface area contributed by atoms with Crippen LogP contribution in [0.25, 0.3) is 22.2 Å². The number of aromatic nitrogens is 3. The van der Waals surface area contributed by atoms with E-state index in [9.17, 15) is 0 Å². The van der Waals surface area contributed by atoms with Gasteiger partial charge in [0.25, 0.3) is 0 Å². The smallest absolute Gasteiger partial charge is 0.121 e. The third kappa shape index (κ3) is 3.20. The lowest BCUT2D eigenvalue weighted by Gasteiger charge is -2.30. The number of anilines is 2. The van der Waals surface area contributed by atoms with Crippen LogP contribution >= 0.6 is 0 Å². The Hall–Kier alpha value is -3.41. The van der Waals surface area contributed by atoms with Crippen LogP contribution in [0.1, 0.15) is 25.3 Å². The van der Waals surface area contributed by atoms with Crippen LogP contribution < -0.4 is 16.2 Å². The highest BCUT2D eigenvalue weighted by atomic mass is 16.5. The zero-order chi connectivity index (χ0) is 19.8. The molecule has 0 amide bonds. The molecule has 1 fully saturated rings. The van der Waals surface area contributed by atoms with Gasteiger partial charge < -0.3 is 25.3 Å². The lowest BCUT2D eigenvalue weighted by atomic mass is 9.92. The van der Waals surface area contributed by atoms with E-state index in [1.807, 2.05) is 29.0 Å². The Kier molecular flexibility index (Phi) is 4.39. The van der Waals surface area contributed by atoms with Crippen molar-refractivity contribution in [2.45, 2.75) is 31.8 Å². The van der Waals surface area contributed by atoms with Gasteiger partial charge in [-0.2, -0.15) is 0 Å². The SMILES string of the molecule is Nc1ccc(-c2c(N)c3ccc(OCCn4ccnc4)cc3n2C2CCC2)cc1. The summed E-state index contributed by atoms with van der Waals surface area (Å²) in [4.78, 5) is 4.06. The van der Waals surface area contributed by atoms with Crippen molar-refractivity contribution in [3.63, 3.8) is 0 Å². The molecule has 2 aromatic heterocycles. The van der Waals surface area contributed by atoms with Crippen LogP contribution in [0.2, 0.25) is 0 Å². The van der Waals surface area contributed by atoms with Gasteiger partial charge in [0.2, 0.25) is 0 Å². The van der Waals surface area contributed by atoms with Crippen molar-refractivity contribution in [1.82, 2.24) is 14.1 Å². The topological polar surface area (TPSA) is 84.0 Å². The molecule has 1 aliphatic carbocycles. The number of hydrogen-bond donors (Lipinski definition) is 2. The summed E-state index contributed by atoms with van der Waals surface area (Å²) in [6.45, 7) is 1.35. The highest BCUT2D eigenvalue weighted by Gasteiger charge is 2.27. The van der Waals surface area contributed by atoms with Crippen LogP contribution in [0.3, 0.4) is 0 Å². The summed E-state index contributed by atoms with van der Waals surface area (Å²) < 4.78 is 10.4. The Bertz CT molecular complexity index is 1120. The lowest BCUT2D eigenvalue weighted by molar-refractivity contribution is 0.298. The number of benzene rings is 2. The molecule has 1 saturated carbocycles. The summed E-state index contributed by atoms with van der Waals surface area (Å²) in [5.41, 5.74) is 17.4. The molecule has 0 radical (unpaired) electrons. The van der Waals surface area contributed by atoms with Crippen molar-refractivity contribution < 1.29 is 4.74 Å². The van der Waals surface area contributed by atoms with Gasteiger partial charge in [0.05, 0.1) is 29.8 Å². The number of nitrogens with two attached hydrogens (primary N) is 2. The molecule has 2 aromatic carbocycles. The molecule has 0 spiro atoms. The van der Waals surface area contributed by atoms with Crippen molar-refractivity contribution in [2.24, 2.45) is 0 Å². The molecule has 6 nitrogen and oxygen atoms in total. The van der Waals surface area contributed by atoms with Gasteiger partial charge >= 0.3 is 0 Å². The van der Waals surface area contributed by atoms with Gasteiger partial charge in [-0.25, -0.2) is 4.98 Å². The van der Waals surface area contributed by atoms with Crippen molar-refractivity contribution in [3.8, 4) is 17.0 Å². The Labute approximate surface area is 169 Å². The van der Waals surface area contributed by atoms with Crippen LogP contribution in [0, 0.1) is 0 Å². The number of fused-ring (bicyclic) bond motifs is 1. The monoisotopic (exact) mass is 387 g/mol. The Morgan fingerprint density at radius 1 is 1.07 bits per heavy atom. The van der Waals surface area contributed by atoms with E-state index in [0.717, 1.165) is 45.8 Å². The lowest BCUT2D eigenvalue weighted by Crippen LogP contribution is -2.18. The number of hydrogen-bond acceptors (Lipinski definition) is 4. The van der Waals surface area contributed by atoms with Crippen molar-refractivity contribution >= 4 is 22.3 Å². The van der Waals surface area contributed by atoms with Crippen LogP contribution in [0.4, 0.5) is 11.4 Å². The summed E-state index contributed by atoms with van der Waals surface area (Å²) >= 11 is 0. The summed E-state index contributed by atoms with van der Waals surface area (Å²) in [6.07, 6.45) is 9.13. The molecule has 5 rings (SSSR count). The molecule has 0 atom stereocenters. The molecule has 0 aliphatic heterocycles. The van der Waals surface area contributed by atoms with Crippen LogP contribution in [-0.4, -0.2) is 20.7 Å². The highest BCUT2D eigenvalue weighted by molar-refractivity contribution is 6.01. The van der Waals surface area contributed by atoms with Gasteiger partial charge in [-0.3, -0.25) is 0 Å². The standard InChI is InChI=1S/C23H25N5O/c24-17-6-4-16(5-7-17)23-22(25)20-9-8-19(29-13-12-27-11-10-26-15-27)14-21(20)28(23)18-2-1-3-18/h4-11,14-15,18H,1-3,12-13,24-25H2. The Balaban J connectivity index is 1.53. The van der Waals surface area contributed by atoms with Gasteiger partial charge in [-0.05, 0) is 43.5 Å². The van der Waals surface area contributed by atoms with Crippen molar-refractivity contribution in [2.75, 3.05) is 18.1 Å². The van der Waals surface area contributed by atoms with E-state index in [0.29, 0.717) is 12.6 Å². The van der Waals surface area contributed by atoms with E-state index in [2.05, 4.69) is 33.8 Å². The molecule has 0 saturated heterocycles. The van der Waals surface area contributed by atoms with E-state index >= 15 is 0 Å². The zero-order valence-corrected chi connectivity index (χ0v) is 16.3. The molecule has 0 unspecified atom stereocenters. The fourth-order valence-electron chi connectivity index (χ4n) is 4.05. The molecule has 0 bridgehead atoms. The Morgan fingerprint density at radius 3 is 2.59 bits per heavy atom. The first-order chi connectivity index (χ1) is 14.2. The molecule has 2 heterocycles. The van der Waals surface area contributed by atoms with Crippen LogP contribution in [0.15, 0.2) is 61.2 Å². The Morgan fingerprint density at radius 2 is 1.90 bits per heavy atom. The molecular weight excluding hydrogens is 362 g/mol. The fourth-order valence-corrected chi connectivity index (χ4v) is 4.05. The summed E-state index contributed by atoms with van der Waals surface area (Å²) in [5, 5.41) is 1.07. The zero-order valence-electron chi connectivity index (χ0n) is 16.3. The first-order valence-electron chi connectivity index (χ1n) is 10.1. The first kappa shape index (κ1) is 17.7. The highest BCUT2D eigenvalue weighted by Crippen LogP contribution is 2.44. The third-order valence-corrected chi connectivity index (χ3v) is 5.82. The second-order valence-electron chi connectivity index (χ2n) is 7.67. The third-order valence-electron chi connectivity index (χ3n) is 5.82. The normalized spacial score (nSPS) is 14.2. The molecule has 4 aromatic rings. The van der Waals surface area contributed by atoms with E-state index in [1.54, 1.807) is 12.5 Å². The predicted octanol–water partition coefficient (Wildman–Crippen LogP) is 4.47.